The number of nitrogens with one attached hydrogen (secondary N) is 1. The number of ether oxygens (including phenoxy) is 1. The van der Waals surface area contributed by atoms with Gasteiger partial charge in [0.2, 0.25) is 0 Å². The van der Waals surface area contributed by atoms with E-state index in [1.54, 1.807) is 12.4 Å². The van der Waals surface area contributed by atoms with Crippen molar-refractivity contribution in [3.63, 3.8) is 0 Å². The number of hydrogen-bond acceptors (Lipinski definition) is 3. The average molecular weight is 213 g/mol. The van der Waals surface area contributed by atoms with E-state index in [0.29, 0.717) is 11.1 Å². The number of rotatable bonds is 2. The molecule has 1 fully saturated rings. The lowest BCUT2D eigenvalue weighted by molar-refractivity contribution is 0.121. The van der Waals surface area contributed by atoms with Crippen LogP contribution in [-0.2, 0) is 4.74 Å². The predicted octanol–water partition coefficient (Wildman–Crippen LogP) is 2.32. The molecular formula is C10H13ClN2O. The van der Waals surface area contributed by atoms with E-state index in [4.69, 9.17) is 16.3 Å². The molecule has 0 spiro atoms. The third-order valence-electron chi connectivity index (χ3n) is 2.49. The van der Waals surface area contributed by atoms with Gasteiger partial charge in [-0.05, 0) is 19.4 Å². The van der Waals surface area contributed by atoms with Crippen molar-refractivity contribution < 1.29 is 4.74 Å². The Morgan fingerprint density at radius 2 is 2.50 bits per heavy atom. The first-order valence-electron chi connectivity index (χ1n) is 4.75. The molecule has 0 aromatic carbocycles. The van der Waals surface area contributed by atoms with Gasteiger partial charge in [0.15, 0.2) is 0 Å². The maximum atomic E-state index is 5.98. The van der Waals surface area contributed by atoms with E-state index in [1.165, 1.54) is 0 Å². The molecule has 1 saturated heterocycles. The second kappa shape index (κ2) is 4.15. The van der Waals surface area contributed by atoms with E-state index in [1.807, 2.05) is 6.07 Å². The Morgan fingerprint density at radius 3 is 3.14 bits per heavy atom. The standard InChI is InChI=1S/C10H13ClN2O/c1-7-9(3-5-14-7)13-10-2-4-12-6-8(10)11/h2,4,6-7,9H,3,5H2,1H3,(H,12,13). The van der Waals surface area contributed by atoms with Crippen molar-refractivity contribution in [2.45, 2.75) is 25.5 Å². The van der Waals surface area contributed by atoms with E-state index in [2.05, 4.69) is 17.2 Å². The predicted molar refractivity (Wildman–Crippen MR) is 56.7 cm³/mol. The molecule has 2 heterocycles. The fraction of sp³-hybridized carbons (Fsp3) is 0.500. The molecule has 1 aromatic heterocycles. The maximum absolute atomic E-state index is 5.98. The van der Waals surface area contributed by atoms with E-state index < -0.39 is 0 Å². The monoisotopic (exact) mass is 212 g/mol. The molecule has 0 aliphatic carbocycles. The summed E-state index contributed by atoms with van der Waals surface area (Å²) in [7, 11) is 0. The zero-order valence-electron chi connectivity index (χ0n) is 8.03. The molecule has 0 amide bonds. The van der Waals surface area contributed by atoms with Gasteiger partial charge in [-0.1, -0.05) is 11.6 Å². The smallest absolute Gasteiger partial charge is 0.0820 e. The van der Waals surface area contributed by atoms with Crippen LogP contribution in [0, 0.1) is 0 Å². The first-order valence-corrected chi connectivity index (χ1v) is 5.13. The quantitative estimate of drug-likeness (QED) is 0.817. The Hall–Kier alpha value is -0.800. The normalized spacial score (nSPS) is 26.4. The van der Waals surface area contributed by atoms with Gasteiger partial charge in [0.1, 0.15) is 0 Å². The van der Waals surface area contributed by atoms with E-state index in [9.17, 15) is 0 Å². The summed E-state index contributed by atoms with van der Waals surface area (Å²) in [5, 5.41) is 4.02. The number of pyridine rings is 1. The third-order valence-corrected chi connectivity index (χ3v) is 2.79. The Kier molecular flexibility index (Phi) is 2.89. The molecule has 1 aromatic rings. The molecule has 0 saturated carbocycles. The van der Waals surface area contributed by atoms with Crippen molar-refractivity contribution in [3.8, 4) is 0 Å². The zero-order valence-corrected chi connectivity index (χ0v) is 8.79. The Bertz CT molecular complexity index is 319. The summed E-state index contributed by atoms with van der Waals surface area (Å²) in [6.45, 7) is 2.89. The largest absolute Gasteiger partial charge is 0.378 e. The van der Waals surface area contributed by atoms with Crippen molar-refractivity contribution in [1.29, 1.82) is 0 Å². The molecule has 1 aliphatic heterocycles. The highest BCUT2D eigenvalue weighted by molar-refractivity contribution is 6.33. The number of anilines is 1. The second-order valence-electron chi connectivity index (χ2n) is 3.47. The van der Waals surface area contributed by atoms with E-state index >= 15 is 0 Å². The molecule has 4 heteroatoms. The lowest BCUT2D eigenvalue weighted by Gasteiger charge is -2.17. The third kappa shape index (κ3) is 1.99. The maximum Gasteiger partial charge on any atom is 0.0820 e. The lowest BCUT2D eigenvalue weighted by Crippen LogP contribution is -2.26. The van der Waals surface area contributed by atoms with Gasteiger partial charge in [-0.2, -0.15) is 0 Å². The molecule has 14 heavy (non-hydrogen) atoms. The topological polar surface area (TPSA) is 34.1 Å². The minimum Gasteiger partial charge on any atom is -0.378 e. The van der Waals surface area contributed by atoms with Crippen molar-refractivity contribution in [2.75, 3.05) is 11.9 Å². The molecule has 2 atom stereocenters. The minimum atomic E-state index is 0.249. The summed E-state index contributed by atoms with van der Waals surface area (Å²) in [4.78, 5) is 3.94. The summed E-state index contributed by atoms with van der Waals surface area (Å²) in [5.41, 5.74) is 0.934. The Morgan fingerprint density at radius 1 is 1.64 bits per heavy atom. The summed E-state index contributed by atoms with van der Waals surface area (Å²) >= 11 is 5.98. The van der Waals surface area contributed by atoms with Crippen LogP contribution >= 0.6 is 11.6 Å². The summed E-state index contributed by atoms with van der Waals surface area (Å²) in [6.07, 6.45) is 4.65. The molecule has 1 N–H and O–H groups in total. The lowest BCUT2D eigenvalue weighted by atomic mass is 10.1. The number of halogens is 1. The van der Waals surface area contributed by atoms with Crippen molar-refractivity contribution in [2.24, 2.45) is 0 Å². The van der Waals surface area contributed by atoms with Crippen LogP contribution in [0.1, 0.15) is 13.3 Å². The van der Waals surface area contributed by atoms with Crippen LogP contribution in [0.15, 0.2) is 18.5 Å². The highest BCUT2D eigenvalue weighted by Crippen LogP contribution is 2.24. The molecule has 1 aliphatic rings. The van der Waals surface area contributed by atoms with Crippen molar-refractivity contribution >= 4 is 17.3 Å². The first kappa shape index (κ1) is 9.74. The number of hydrogen-bond donors (Lipinski definition) is 1. The van der Waals surface area contributed by atoms with Gasteiger partial charge in [-0.25, -0.2) is 0 Å². The second-order valence-corrected chi connectivity index (χ2v) is 3.88. The molecule has 76 valence electrons. The van der Waals surface area contributed by atoms with Gasteiger partial charge in [0.05, 0.1) is 22.9 Å². The molecule has 0 bridgehead atoms. The molecule has 2 unspecified atom stereocenters. The first-order chi connectivity index (χ1) is 6.77. The Labute approximate surface area is 88.4 Å². The van der Waals surface area contributed by atoms with Crippen LogP contribution in [-0.4, -0.2) is 23.7 Å². The summed E-state index contributed by atoms with van der Waals surface area (Å²) in [6, 6.07) is 2.24. The van der Waals surface area contributed by atoms with Crippen molar-refractivity contribution in [1.82, 2.24) is 4.98 Å². The van der Waals surface area contributed by atoms with Gasteiger partial charge in [0, 0.05) is 19.0 Å². The van der Waals surface area contributed by atoms with Gasteiger partial charge < -0.3 is 10.1 Å². The average Bonchev–Trinajstić information content (AvgIpc) is 2.56. The van der Waals surface area contributed by atoms with Gasteiger partial charge >= 0.3 is 0 Å². The minimum absolute atomic E-state index is 0.249. The van der Waals surface area contributed by atoms with Gasteiger partial charge in [0.25, 0.3) is 0 Å². The van der Waals surface area contributed by atoms with Crippen LogP contribution in [0.2, 0.25) is 5.02 Å². The van der Waals surface area contributed by atoms with Crippen LogP contribution in [0.4, 0.5) is 5.69 Å². The molecule has 2 rings (SSSR count). The highest BCUT2D eigenvalue weighted by atomic mass is 35.5. The van der Waals surface area contributed by atoms with E-state index in [-0.39, 0.29) is 6.10 Å². The number of nitrogens with zero attached hydrogens (tertiary/aromatic N) is 1. The van der Waals surface area contributed by atoms with Gasteiger partial charge in [-0.3, -0.25) is 4.98 Å². The summed E-state index contributed by atoms with van der Waals surface area (Å²) in [5.74, 6) is 0. The molecule has 0 radical (unpaired) electrons. The molecular weight excluding hydrogens is 200 g/mol. The number of aromatic nitrogens is 1. The van der Waals surface area contributed by atoms with E-state index in [0.717, 1.165) is 18.7 Å². The summed E-state index contributed by atoms with van der Waals surface area (Å²) < 4.78 is 5.46. The van der Waals surface area contributed by atoms with Crippen LogP contribution < -0.4 is 5.32 Å². The highest BCUT2D eigenvalue weighted by Gasteiger charge is 2.24. The molecule has 3 nitrogen and oxygen atoms in total. The Balaban J connectivity index is 2.07. The van der Waals surface area contributed by atoms with Crippen LogP contribution in [0.3, 0.4) is 0 Å². The van der Waals surface area contributed by atoms with Gasteiger partial charge in [-0.15, -0.1) is 0 Å². The van der Waals surface area contributed by atoms with Crippen LogP contribution in [0.5, 0.6) is 0 Å². The SMILES string of the molecule is CC1OCCC1Nc1ccncc1Cl. The fourth-order valence-corrected chi connectivity index (χ4v) is 1.79. The fourth-order valence-electron chi connectivity index (χ4n) is 1.61. The van der Waals surface area contributed by atoms with Crippen molar-refractivity contribution in [3.05, 3.63) is 23.5 Å². The zero-order chi connectivity index (χ0) is 9.97. The van der Waals surface area contributed by atoms with Crippen LogP contribution in [0.25, 0.3) is 0 Å².